The van der Waals surface area contributed by atoms with Crippen LogP contribution in [0.4, 0.5) is 0 Å². The van der Waals surface area contributed by atoms with Crippen LogP contribution >= 0.6 is 0 Å². The zero-order valence-electron chi connectivity index (χ0n) is 6.74. The van der Waals surface area contributed by atoms with Crippen LogP contribution < -0.4 is 0 Å². The van der Waals surface area contributed by atoms with E-state index in [4.69, 9.17) is 5.26 Å². The second kappa shape index (κ2) is 3.35. The highest BCUT2D eigenvalue weighted by Gasteiger charge is 2.38. The van der Waals surface area contributed by atoms with Crippen LogP contribution in [0.25, 0.3) is 0 Å². The molecule has 1 saturated carbocycles. The van der Waals surface area contributed by atoms with Gasteiger partial charge in [0, 0.05) is 12.8 Å². The second-order valence-corrected chi connectivity index (χ2v) is 2.81. The van der Waals surface area contributed by atoms with Crippen LogP contribution in [-0.4, -0.2) is 18.9 Å². The summed E-state index contributed by atoms with van der Waals surface area (Å²) in [5.41, 5.74) is 0. The standard InChI is InChI=1S/C8H9NO3/c1-12-8(11)7-3-6(10)2-5(7)4-9/h5,7H,2-3H2,1H3. The first-order chi connectivity index (χ1) is 5.69. The first-order valence-electron chi connectivity index (χ1n) is 3.68. The van der Waals surface area contributed by atoms with Crippen molar-refractivity contribution in [1.29, 1.82) is 5.26 Å². The number of carbonyl (C=O) groups is 2. The fourth-order valence-corrected chi connectivity index (χ4v) is 1.39. The number of ketones is 1. The summed E-state index contributed by atoms with van der Waals surface area (Å²) >= 11 is 0. The predicted molar refractivity (Wildman–Crippen MR) is 38.9 cm³/mol. The van der Waals surface area contributed by atoms with Crippen LogP contribution in [-0.2, 0) is 14.3 Å². The maximum absolute atomic E-state index is 11.0. The molecule has 1 aliphatic rings. The van der Waals surface area contributed by atoms with Crippen molar-refractivity contribution < 1.29 is 14.3 Å². The van der Waals surface area contributed by atoms with Crippen LogP contribution in [0.1, 0.15) is 12.8 Å². The van der Waals surface area contributed by atoms with Gasteiger partial charge in [-0.1, -0.05) is 0 Å². The minimum atomic E-state index is -0.535. The first-order valence-corrected chi connectivity index (χ1v) is 3.68. The molecule has 4 nitrogen and oxygen atoms in total. The molecule has 0 bridgehead atoms. The smallest absolute Gasteiger partial charge is 0.310 e. The van der Waals surface area contributed by atoms with Gasteiger partial charge < -0.3 is 4.74 Å². The van der Waals surface area contributed by atoms with Gasteiger partial charge in [-0.3, -0.25) is 9.59 Å². The number of hydrogen-bond acceptors (Lipinski definition) is 4. The van der Waals surface area contributed by atoms with E-state index in [1.807, 2.05) is 6.07 Å². The van der Waals surface area contributed by atoms with E-state index >= 15 is 0 Å². The highest BCUT2D eigenvalue weighted by atomic mass is 16.5. The number of hydrogen-bond donors (Lipinski definition) is 0. The quantitative estimate of drug-likeness (QED) is 0.526. The molecule has 0 aliphatic heterocycles. The first kappa shape index (κ1) is 8.72. The molecule has 1 rings (SSSR count). The summed E-state index contributed by atoms with van der Waals surface area (Å²) < 4.78 is 4.47. The van der Waals surface area contributed by atoms with Crippen molar-refractivity contribution in [1.82, 2.24) is 0 Å². The lowest BCUT2D eigenvalue weighted by molar-refractivity contribution is -0.146. The van der Waals surface area contributed by atoms with Crippen molar-refractivity contribution in [3.05, 3.63) is 0 Å². The van der Waals surface area contributed by atoms with Crippen LogP contribution in [0.2, 0.25) is 0 Å². The van der Waals surface area contributed by atoms with Gasteiger partial charge in [-0.25, -0.2) is 0 Å². The molecule has 0 heterocycles. The van der Waals surface area contributed by atoms with Crippen LogP contribution in [0, 0.1) is 23.2 Å². The van der Waals surface area contributed by atoms with E-state index in [1.165, 1.54) is 7.11 Å². The third-order valence-electron chi connectivity index (χ3n) is 2.05. The molecule has 0 radical (unpaired) electrons. The Morgan fingerprint density at radius 2 is 2.33 bits per heavy atom. The van der Waals surface area contributed by atoms with Gasteiger partial charge >= 0.3 is 5.97 Å². The van der Waals surface area contributed by atoms with Gasteiger partial charge in [0.1, 0.15) is 5.78 Å². The lowest BCUT2D eigenvalue weighted by Gasteiger charge is -2.07. The summed E-state index contributed by atoms with van der Waals surface area (Å²) in [6, 6.07) is 1.94. The Hall–Kier alpha value is -1.37. The van der Waals surface area contributed by atoms with E-state index in [2.05, 4.69) is 4.74 Å². The molecule has 0 spiro atoms. The van der Waals surface area contributed by atoms with E-state index in [0.29, 0.717) is 0 Å². The van der Waals surface area contributed by atoms with E-state index in [0.717, 1.165) is 0 Å². The molecule has 1 aliphatic carbocycles. The number of esters is 1. The van der Waals surface area contributed by atoms with E-state index in [1.54, 1.807) is 0 Å². The topological polar surface area (TPSA) is 67.2 Å². The SMILES string of the molecule is COC(=O)C1CC(=O)CC1C#N. The minimum Gasteiger partial charge on any atom is -0.469 e. The summed E-state index contributed by atoms with van der Waals surface area (Å²) in [5.74, 6) is -1.50. The van der Waals surface area contributed by atoms with Crippen molar-refractivity contribution in [2.24, 2.45) is 11.8 Å². The van der Waals surface area contributed by atoms with Gasteiger partial charge in [0.25, 0.3) is 0 Å². The van der Waals surface area contributed by atoms with E-state index in [9.17, 15) is 9.59 Å². The fraction of sp³-hybridized carbons (Fsp3) is 0.625. The zero-order valence-corrected chi connectivity index (χ0v) is 6.74. The van der Waals surface area contributed by atoms with Gasteiger partial charge in [-0.2, -0.15) is 5.26 Å². The molecule has 0 aromatic rings. The zero-order chi connectivity index (χ0) is 9.14. The number of methoxy groups -OCH3 is 1. The Morgan fingerprint density at radius 3 is 2.83 bits per heavy atom. The predicted octanol–water partition coefficient (Wildman–Crippen LogP) is 0.278. The van der Waals surface area contributed by atoms with Crippen LogP contribution in [0.15, 0.2) is 0 Å². The maximum Gasteiger partial charge on any atom is 0.310 e. The van der Waals surface area contributed by atoms with Gasteiger partial charge in [0.05, 0.1) is 25.0 Å². The van der Waals surface area contributed by atoms with Gasteiger partial charge in [0.15, 0.2) is 0 Å². The summed E-state index contributed by atoms with van der Waals surface area (Å²) in [6.07, 6.45) is 0.348. The van der Waals surface area contributed by atoms with Crippen LogP contribution in [0.3, 0.4) is 0 Å². The summed E-state index contributed by atoms with van der Waals surface area (Å²) in [5, 5.41) is 8.59. The Labute approximate surface area is 70.1 Å². The third kappa shape index (κ3) is 1.45. The third-order valence-corrected chi connectivity index (χ3v) is 2.05. The number of ether oxygens (including phenoxy) is 1. The van der Waals surface area contributed by atoms with E-state index in [-0.39, 0.29) is 18.6 Å². The average molecular weight is 167 g/mol. The molecule has 2 atom stereocenters. The average Bonchev–Trinajstić information content (AvgIpc) is 2.45. The highest BCUT2D eigenvalue weighted by Crippen LogP contribution is 2.29. The molecular formula is C8H9NO3. The Bertz CT molecular complexity index is 254. The lowest BCUT2D eigenvalue weighted by atomic mass is 9.98. The van der Waals surface area contributed by atoms with Gasteiger partial charge in [-0.15, -0.1) is 0 Å². The molecule has 0 aromatic carbocycles. The van der Waals surface area contributed by atoms with Crippen molar-refractivity contribution in [2.45, 2.75) is 12.8 Å². The molecular weight excluding hydrogens is 158 g/mol. The highest BCUT2D eigenvalue weighted by molar-refractivity contribution is 5.89. The molecule has 0 N–H and O–H groups in total. The number of nitrogens with zero attached hydrogens (tertiary/aromatic N) is 1. The molecule has 0 amide bonds. The summed E-state index contributed by atoms with van der Waals surface area (Å²) in [7, 11) is 1.26. The van der Waals surface area contributed by atoms with Crippen LogP contribution in [0.5, 0.6) is 0 Å². The van der Waals surface area contributed by atoms with Gasteiger partial charge in [0.2, 0.25) is 0 Å². The fourth-order valence-electron chi connectivity index (χ4n) is 1.39. The molecule has 0 aromatic heterocycles. The normalized spacial score (nSPS) is 28.2. The summed E-state index contributed by atoms with van der Waals surface area (Å²) in [4.78, 5) is 21.9. The molecule has 1 fully saturated rings. The van der Waals surface area contributed by atoms with Gasteiger partial charge in [-0.05, 0) is 0 Å². The molecule has 12 heavy (non-hydrogen) atoms. The largest absolute Gasteiger partial charge is 0.469 e. The molecule has 64 valence electrons. The number of carbonyl (C=O) groups excluding carboxylic acids is 2. The second-order valence-electron chi connectivity index (χ2n) is 2.81. The van der Waals surface area contributed by atoms with Crippen molar-refractivity contribution in [3.8, 4) is 6.07 Å². The monoisotopic (exact) mass is 167 g/mol. The maximum atomic E-state index is 11.0. The number of Topliss-reactive ketones (excluding diaryl/α,β-unsaturated/α-hetero) is 1. The Kier molecular flexibility index (Phi) is 2.44. The van der Waals surface area contributed by atoms with E-state index < -0.39 is 17.8 Å². The minimum absolute atomic E-state index is 0.0306. The molecule has 0 saturated heterocycles. The van der Waals surface area contributed by atoms with Crippen molar-refractivity contribution >= 4 is 11.8 Å². The number of nitriles is 1. The lowest BCUT2D eigenvalue weighted by Crippen LogP contribution is -2.19. The Morgan fingerprint density at radius 1 is 1.67 bits per heavy atom. The molecule has 4 heteroatoms. The Balaban J connectivity index is 2.71. The van der Waals surface area contributed by atoms with Crippen molar-refractivity contribution in [3.63, 3.8) is 0 Å². The van der Waals surface area contributed by atoms with Crippen molar-refractivity contribution in [2.75, 3.05) is 7.11 Å². The number of rotatable bonds is 1. The molecule has 2 unspecified atom stereocenters. The summed E-state index contributed by atoms with van der Waals surface area (Å²) in [6.45, 7) is 0.